The molecule has 0 aliphatic rings. The molecule has 0 fully saturated rings. The maximum absolute atomic E-state index is 12.8. The summed E-state index contributed by atoms with van der Waals surface area (Å²) in [7, 11) is 0. The van der Waals surface area contributed by atoms with Gasteiger partial charge < -0.3 is 0 Å². The van der Waals surface area contributed by atoms with Crippen molar-refractivity contribution in [3.63, 3.8) is 0 Å². The first-order valence-electron chi connectivity index (χ1n) is 4.03. The molecule has 0 heterocycles. The predicted octanol–water partition coefficient (Wildman–Crippen LogP) is 3.65. The van der Waals surface area contributed by atoms with Crippen molar-refractivity contribution >= 4 is 0 Å². The van der Waals surface area contributed by atoms with Crippen LogP contribution in [0.4, 0.5) is 4.39 Å². The van der Waals surface area contributed by atoms with Gasteiger partial charge in [-0.25, -0.2) is 4.39 Å². The Balaban J connectivity index is 3.85. The molecule has 0 aromatic rings. The van der Waals surface area contributed by atoms with Crippen molar-refractivity contribution in [2.75, 3.05) is 0 Å². The van der Waals surface area contributed by atoms with Gasteiger partial charge in [0, 0.05) is 0 Å². The Labute approximate surface area is 68.8 Å². The summed E-state index contributed by atoms with van der Waals surface area (Å²) in [6.45, 7) is 9.45. The Morgan fingerprint density at radius 2 is 2.09 bits per heavy atom. The first kappa shape index (κ1) is 10.4. The molecule has 0 radical (unpaired) electrons. The van der Waals surface area contributed by atoms with Crippen LogP contribution in [0, 0.1) is 0 Å². The smallest absolute Gasteiger partial charge is 0.104 e. The van der Waals surface area contributed by atoms with Gasteiger partial charge in [-0.2, -0.15) is 0 Å². The third kappa shape index (κ3) is 5.84. The van der Waals surface area contributed by atoms with Crippen molar-refractivity contribution in [2.24, 2.45) is 0 Å². The fraction of sp³-hybridized carbons (Fsp3) is 0.600. The highest BCUT2D eigenvalue weighted by atomic mass is 19.1. The van der Waals surface area contributed by atoms with Crippen molar-refractivity contribution in [3.8, 4) is 0 Å². The summed E-state index contributed by atoms with van der Waals surface area (Å²) >= 11 is 0. The highest BCUT2D eigenvalue weighted by molar-refractivity contribution is 5.17. The molecule has 0 saturated carbocycles. The molecule has 1 unspecified atom stereocenters. The number of hydrogen-bond donors (Lipinski definition) is 0. The summed E-state index contributed by atoms with van der Waals surface area (Å²) in [4.78, 5) is 0. The van der Waals surface area contributed by atoms with Crippen LogP contribution < -0.4 is 0 Å². The molecule has 1 atom stereocenters. The highest BCUT2D eigenvalue weighted by Gasteiger charge is 2.02. The van der Waals surface area contributed by atoms with E-state index in [-0.39, 0.29) is 0 Å². The Kier molecular flexibility index (Phi) is 4.84. The second-order valence-corrected chi connectivity index (χ2v) is 3.05. The van der Waals surface area contributed by atoms with E-state index in [0.717, 1.165) is 11.1 Å². The SMILES string of the molecule is C=C(C)/C=C(/C)CC(F)CC. The van der Waals surface area contributed by atoms with Crippen LogP contribution in [0.15, 0.2) is 23.8 Å². The molecular formula is C10H17F. The summed E-state index contributed by atoms with van der Waals surface area (Å²) in [5.74, 6) is 0. The fourth-order valence-electron chi connectivity index (χ4n) is 0.973. The van der Waals surface area contributed by atoms with Crippen LogP contribution in [-0.2, 0) is 0 Å². The summed E-state index contributed by atoms with van der Waals surface area (Å²) in [5.41, 5.74) is 2.07. The molecular weight excluding hydrogens is 139 g/mol. The maximum atomic E-state index is 12.8. The molecule has 0 amide bonds. The van der Waals surface area contributed by atoms with Gasteiger partial charge in [-0.05, 0) is 26.7 Å². The molecule has 0 bridgehead atoms. The molecule has 0 aliphatic carbocycles. The number of hydrogen-bond acceptors (Lipinski definition) is 0. The maximum Gasteiger partial charge on any atom is 0.104 e. The zero-order valence-electron chi connectivity index (χ0n) is 7.65. The minimum absolute atomic E-state index is 0.545. The van der Waals surface area contributed by atoms with Crippen LogP contribution in [0.3, 0.4) is 0 Å². The van der Waals surface area contributed by atoms with Crippen LogP contribution >= 0.6 is 0 Å². The molecule has 0 aromatic heterocycles. The average molecular weight is 156 g/mol. The lowest BCUT2D eigenvalue weighted by atomic mass is 10.1. The standard InChI is InChI=1S/C10H17F/c1-5-10(11)7-9(4)6-8(2)3/h6,10H,2,5,7H2,1,3-4H3/b9-6-. The van der Waals surface area contributed by atoms with Crippen molar-refractivity contribution in [2.45, 2.75) is 39.8 Å². The molecule has 0 saturated heterocycles. The van der Waals surface area contributed by atoms with E-state index in [1.807, 2.05) is 26.8 Å². The lowest BCUT2D eigenvalue weighted by molar-refractivity contribution is 0.322. The normalized spacial score (nSPS) is 14.7. The first-order chi connectivity index (χ1) is 5.06. The van der Waals surface area contributed by atoms with Crippen molar-refractivity contribution in [1.29, 1.82) is 0 Å². The van der Waals surface area contributed by atoms with E-state index in [4.69, 9.17) is 0 Å². The van der Waals surface area contributed by atoms with Gasteiger partial charge in [0.15, 0.2) is 0 Å². The van der Waals surface area contributed by atoms with Gasteiger partial charge in [-0.15, -0.1) is 0 Å². The second kappa shape index (κ2) is 5.11. The zero-order valence-corrected chi connectivity index (χ0v) is 7.65. The van der Waals surface area contributed by atoms with Gasteiger partial charge in [-0.3, -0.25) is 0 Å². The molecule has 0 aliphatic heterocycles. The quantitative estimate of drug-likeness (QED) is 0.545. The van der Waals surface area contributed by atoms with Crippen molar-refractivity contribution in [3.05, 3.63) is 23.8 Å². The third-order valence-electron chi connectivity index (χ3n) is 1.48. The molecule has 0 N–H and O–H groups in total. The van der Waals surface area contributed by atoms with Gasteiger partial charge in [0.1, 0.15) is 6.17 Å². The molecule has 0 rings (SSSR count). The van der Waals surface area contributed by atoms with E-state index < -0.39 is 6.17 Å². The average Bonchev–Trinajstić information content (AvgIpc) is 1.85. The van der Waals surface area contributed by atoms with Crippen molar-refractivity contribution in [1.82, 2.24) is 0 Å². The molecule has 0 spiro atoms. The molecule has 0 nitrogen and oxygen atoms in total. The number of allylic oxidation sites excluding steroid dienone is 3. The Hall–Kier alpha value is -0.590. The number of rotatable bonds is 4. The van der Waals surface area contributed by atoms with Crippen LogP contribution in [0.2, 0.25) is 0 Å². The minimum atomic E-state index is -0.689. The summed E-state index contributed by atoms with van der Waals surface area (Å²) in [5, 5.41) is 0. The number of alkyl halides is 1. The highest BCUT2D eigenvalue weighted by Crippen LogP contribution is 2.12. The lowest BCUT2D eigenvalue weighted by Gasteiger charge is -2.04. The van der Waals surface area contributed by atoms with E-state index >= 15 is 0 Å². The fourth-order valence-corrected chi connectivity index (χ4v) is 0.973. The molecule has 11 heavy (non-hydrogen) atoms. The van der Waals surface area contributed by atoms with E-state index in [2.05, 4.69) is 6.58 Å². The van der Waals surface area contributed by atoms with Gasteiger partial charge in [0.25, 0.3) is 0 Å². The largest absolute Gasteiger partial charge is 0.247 e. The summed E-state index contributed by atoms with van der Waals surface area (Å²) < 4.78 is 12.8. The third-order valence-corrected chi connectivity index (χ3v) is 1.48. The van der Waals surface area contributed by atoms with E-state index in [0.29, 0.717) is 12.8 Å². The first-order valence-corrected chi connectivity index (χ1v) is 4.03. The van der Waals surface area contributed by atoms with Crippen LogP contribution in [-0.4, -0.2) is 6.17 Å². The van der Waals surface area contributed by atoms with Gasteiger partial charge in [0.05, 0.1) is 0 Å². The second-order valence-electron chi connectivity index (χ2n) is 3.05. The van der Waals surface area contributed by atoms with Crippen LogP contribution in [0.25, 0.3) is 0 Å². The summed E-state index contributed by atoms with van der Waals surface area (Å²) in [6, 6.07) is 0. The van der Waals surface area contributed by atoms with E-state index in [1.165, 1.54) is 0 Å². The van der Waals surface area contributed by atoms with Gasteiger partial charge >= 0.3 is 0 Å². The topological polar surface area (TPSA) is 0 Å². The van der Waals surface area contributed by atoms with E-state index in [1.54, 1.807) is 0 Å². The molecule has 1 heteroatoms. The Bertz CT molecular complexity index is 156. The summed E-state index contributed by atoms with van der Waals surface area (Å²) in [6.07, 6.45) is 2.39. The number of halogens is 1. The lowest BCUT2D eigenvalue weighted by Crippen LogP contribution is -1.97. The Morgan fingerprint density at radius 1 is 1.55 bits per heavy atom. The minimum Gasteiger partial charge on any atom is -0.247 e. The van der Waals surface area contributed by atoms with Crippen LogP contribution in [0.5, 0.6) is 0 Å². The van der Waals surface area contributed by atoms with Crippen molar-refractivity contribution < 1.29 is 4.39 Å². The van der Waals surface area contributed by atoms with Crippen LogP contribution in [0.1, 0.15) is 33.6 Å². The monoisotopic (exact) mass is 156 g/mol. The molecule has 64 valence electrons. The van der Waals surface area contributed by atoms with Gasteiger partial charge in [0.2, 0.25) is 0 Å². The predicted molar refractivity (Wildman–Crippen MR) is 48.4 cm³/mol. The zero-order chi connectivity index (χ0) is 8.85. The van der Waals surface area contributed by atoms with E-state index in [9.17, 15) is 4.39 Å². The Morgan fingerprint density at radius 3 is 2.45 bits per heavy atom. The molecule has 0 aromatic carbocycles. The van der Waals surface area contributed by atoms with Gasteiger partial charge in [-0.1, -0.05) is 30.7 Å².